The lowest BCUT2D eigenvalue weighted by molar-refractivity contribution is 0.252. The van der Waals surface area contributed by atoms with Crippen molar-refractivity contribution in [3.63, 3.8) is 0 Å². The number of ether oxygens (including phenoxy) is 1. The minimum absolute atomic E-state index is 0.0422. The predicted octanol–water partition coefficient (Wildman–Crippen LogP) is 6.28. The van der Waals surface area contributed by atoms with Crippen LogP contribution in [0.15, 0.2) is 65.8 Å². The van der Waals surface area contributed by atoms with Crippen LogP contribution in [0.4, 0.5) is 10.5 Å². The Morgan fingerprint density at radius 1 is 1.06 bits per heavy atom. The van der Waals surface area contributed by atoms with Crippen LogP contribution < -0.4 is 15.5 Å². The monoisotopic (exact) mass is 514 g/mol. The van der Waals surface area contributed by atoms with E-state index in [0.29, 0.717) is 27.0 Å². The van der Waals surface area contributed by atoms with Gasteiger partial charge in [-0.1, -0.05) is 55.2 Å². The smallest absolute Gasteiger partial charge is 0.339 e. The molecule has 3 aromatic rings. The lowest BCUT2D eigenvalue weighted by atomic mass is 10.2. The van der Waals surface area contributed by atoms with Crippen LogP contribution >= 0.6 is 23.2 Å². The number of hydrogen-bond acceptors (Lipinski definition) is 5. The van der Waals surface area contributed by atoms with Crippen LogP contribution in [-0.2, 0) is 13.2 Å². The van der Waals surface area contributed by atoms with Gasteiger partial charge < -0.3 is 15.2 Å². The molecule has 0 aliphatic carbocycles. The maximum absolute atomic E-state index is 12.1. The predicted molar refractivity (Wildman–Crippen MR) is 142 cm³/mol. The van der Waals surface area contributed by atoms with E-state index in [1.54, 1.807) is 30.3 Å². The lowest BCUT2D eigenvalue weighted by Gasteiger charge is -2.18. The van der Waals surface area contributed by atoms with Gasteiger partial charge in [0, 0.05) is 39.5 Å². The van der Waals surface area contributed by atoms with Gasteiger partial charge in [-0.05, 0) is 55.1 Å². The van der Waals surface area contributed by atoms with Crippen LogP contribution in [0.5, 0.6) is 11.5 Å². The summed E-state index contributed by atoms with van der Waals surface area (Å²) in [4.78, 5) is 14.4. The summed E-state index contributed by atoms with van der Waals surface area (Å²) in [5.41, 5.74) is 5.42. The minimum atomic E-state index is -0.489. The minimum Gasteiger partial charge on any atom is -0.507 e. The van der Waals surface area contributed by atoms with E-state index >= 15 is 0 Å². The number of benzene rings is 3. The second-order valence-corrected chi connectivity index (χ2v) is 8.57. The summed E-state index contributed by atoms with van der Waals surface area (Å²) in [6.45, 7) is 7.32. The van der Waals surface area contributed by atoms with E-state index in [-0.39, 0.29) is 12.4 Å². The maximum atomic E-state index is 12.1. The molecular formula is C26H28Cl2N4O3. The summed E-state index contributed by atoms with van der Waals surface area (Å²) < 4.78 is 5.69. The molecule has 0 heterocycles. The number of carbonyl (C=O) groups excluding carboxylic acids is 1. The van der Waals surface area contributed by atoms with Crippen LogP contribution in [0.2, 0.25) is 10.0 Å². The molecule has 184 valence electrons. The number of anilines is 1. The summed E-state index contributed by atoms with van der Waals surface area (Å²) in [6, 6.07) is 17.1. The molecule has 9 heteroatoms. The van der Waals surface area contributed by atoms with Gasteiger partial charge in [-0.15, -0.1) is 0 Å². The highest BCUT2D eigenvalue weighted by molar-refractivity contribution is 6.35. The van der Waals surface area contributed by atoms with Crippen molar-refractivity contribution in [1.82, 2.24) is 10.3 Å². The van der Waals surface area contributed by atoms with Gasteiger partial charge in [0.1, 0.15) is 18.1 Å². The molecule has 3 rings (SSSR count). The average molecular weight is 515 g/mol. The van der Waals surface area contributed by atoms with Gasteiger partial charge >= 0.3 is 6.03 Å². The molecule has 0 fully saturated rings. The highest BCUT2D eigenvalue weighted by atomic mass is 35.5. The number of nitrogens with one attached hydrogen (secondary N) is 2. The number of hydrogen-bond donors (Lipinski definition) is 3. The molecule has 0 saturated carbocycles. The molecule has 0 aromatic heterocycles. The Balaban J connectivity index is 1.49. The fraction of sp³-hybridized carbons (Fsp3) is 0.231. The van der Waals surface area contributed by atoms with E-state index in [1.807, 2.05) is 24.3 Å². The highest BCUT2D eigenvalue weighted by Gasteiger charge is 2.06. The Labute approximate surface area is 215 Å². The van der Waals surface area contributed by atoms with Crippen molar-refractivity contribution in [1.29, 1.82) is 0 Å². The van der Waals surface area contributed by atoms with Crippen LogP contribution in [0.1, 0.15) is 30.5 Å². The number of halogens is 2. The van der Waals surface area contributed by atoms with Crippen LogP contribution in [0, 0.1) is 0 Å². The number of carbonyl (C=O) groups is 1. The third-order valence-electron chi connectivity index (χ3n) is 5.29. The molecule has 0 unspecified atom stereocenters. The number of urea groups is 1. The van der Waals surface area contributed by atoms with E-state index in [9.17, 15) is 9.90 Å². The largest absolute Gasteiger partial charge is 0.507 e. The first-order chi connectivity index (χ1) is 16.9. The van der Waals surface area contributed by atoms with Crippen molar-refractivity contribution in [2.45, 2.75) is 27.0 Å². The molecule has 2 amide bonds. The zero-order chi connectivity index (χ0) is 25.2. The molecule has 0 radical (unpaired) electrons. The quantitative estimate of drug-likeness (QED) is 0.219. The summed E-state index contributed by atoms with van der Waals surface area (Å²) in [5, 5.41) is 17.9. The summed E-state index contributed by atoms with van der Waals surface area (Å²) in [6.07, 6.45) is 1.35. The topological polar surface area (TPSA) is 86.2 Å². The maximum Gasteiger partial charge on any atom is 0.339 e. The molecule has 0 aliphatic rings. The fourth-order valence-electron chi connectivity index (χ4n) is 3.24. The fourth-order valence-corrected chi connectivity index (χ4v) is 3.70. The zero-order valence-electron chi connectivity index (χ0n) is 19.6. The van der Waals surface area contributed by atoms with E-state index in [0.717, 1.165) is 25.2 Å². The number of hydrazone groups is 1. The third-order valence-corrected chi connectivity index (χ3v) is 5.88. The highest BCUT2D eigenvalue weighted by Crippen LogP contribution is 2.25. The SMILES string of the molecule is CCN(CC)Cc1ccc(NC(=O)N/N=C/c2ccc(OCc3ccc(Cl)cc3Cl)cc2O)cc1. The third kappa shape index (κ3) is 8.17. The molecular weight excluding hydrogens is 487 g/mol. The summed E-state index contributed by atoms with van der Waals surface area (Å²) >= 11 is 12.1. The molecule has 3 aromatic carbocycles. The van der Waals surface area contributed by atoms with Gasteiger partial charge in [0.2, 0.25) is 0 Å². The lowest BCUT2D eigenvalue weighted by Crippen LogP contribution is -2.24. The van der Waals surface area contributed by atoms with Gasteiger partial charge in [-0.3, -0.25) is 4.90 Å². The second-order valence-electron chi connectivity index (χ2n) is 7.73. The van der Waals surface area contributed by atoms with E-state index in [1.165, 1.54) is 17.8 Å². The molecule has 7 nitrogen and oxygen atoms in total. The molecule has 0 saturated heterocycles. The first kappa shape index (κ1) is 26.3. The van der Waals surface area contributed by atoms with Crippen molar-refractivity contribution < 1.29 is 14.6 Å². The second kappa shape index (κ2) is 13.0. The summed E-state index contributed by atoms with van der Waals surface area (Å²) in [7, 11) is 0. The first-order valence-corrected chi connectivity index (χ1v) is 11.9. The van der Waals surface area contributed by atoms with E-state index in [4.69, 9.17) is 27.9 Å². The number of rotatable bonds is 10. The van der Waals surface area contributed by atoms with Gasteiger partial charge in [0.05, 0.1) is 6.21 Å². The van der Waals surface area contributed by atoms with Gasteiger partial charge in [-0.2, -0.15) is 5.10 Å². The van der Waals surface area contributed by atoms with Crippen molar-refractivity contribution in [2.75, 3.05) is 18.4 Å². The van der Waals surface area contributed by atoms with Gasteiger partial charge in [-0.25, -0.2) is 10.2 Å². The Hall–Kier alpha value is -3.26. The molecule has 0 spiro atoms. The van der Waals surface area contributed by atoms with Crippen molar-refractivity contribution in [3.05, 3.63) is 87.4 Å². The number of amides is 2. The van der Waals surface area contributed by atoms with Crippen molar-refractivity contribution in [3.8, 4) is 11.5 Å². The Morgan fingerprint density at radius 3 is 2.46 bits per heavy atom. The van der Waals surface area contributed by atoms with Gasteiger partial charge in [0.25, 0.3) is 0 Å². The normalized spacial score (nSPS) is 11.1. The number of phenolic OH excluding ortho intramolecular Hbond substituents is 1. The van der Waals surface area contributed by atoms with Crippen molar-refractivity contribution in [2.24, 2.45) is 5.10 Å². The van der Waals surface area contributed by atoms with Crippen molar-refractivity contribution >= 4 is 41.1 Å². The Morgan fingerprint density at radius 2 is 1.80 bits per heavy atom. The first-order valence-electron chi connectivity index (χ1n) is 11.2. The van der Waals surface area contributed by atoms with Crippen LogP contribution in [-0.4, -0.2) is 35.3 Å². The molecule has 0 atom stereocenters. The number of phenols is 1. The Bertz CT molecular complexity index is 1170. The molecule has 3 N–H and O–H groups in total. The average Bonchev–Trinajstić information content (AvgIpc) is 2.84. The molecule has 0 aliphatic heterocycles. The standard InChI is InChI=1S/C26H28Cl2N4O3/c1-3-32(4-2)16-18-5-10-22(11-6-18)30-26(34)31-29-15-19-8-12-23(14-25(19)33)35-17-20-7-9-21(27)13-24(20)28/h5-15,33H,3-4,16-17H2,1-2H3,(H2,30,31,34)/b29-15+. The summed E-state index contributed by atoms with van der Waals surface area (Å²) in [5.74, 6) is 0.417. The number of aromatic hydroxyl groups is 1. The number of nitrogens with zero attached hydrogens (tertiary/aromatic N) is 2. The van der Waals surface area contributed by atoms with Gasteiger partial charge in [0.15, 0.2) is 0 Å². The molecule has 35 heavy (non-hydrogen) atoms. The van der Waals surface area contributed by atoms with E-state index < -0.39 is 6.03 Å². The van der Waals surface area contributed by atoms with Crippen LogP contribution in [0.25, 0.3) is 0 Å². The van der Waals surface area contributed by atoms with E-state index in [2.05, 4.69) is 34.6 Å². The zero-order valence-corrected chi connectivity index (χ0v) is 21.1. The van der Waals surface area contributed by atoms with Crippen LogP contribution in [0.3, 0.4) is 0 Å². The molecule has 0 bridgehead atoms. The Kier molecular flexibility index (Phi) is 9.78.